The highest BCUT2D eigenvalue weighted by Gasteiger charge is 2.12. The maximum atomic E-state index is 12.9. The van der Waals surface area contributed by atoms with Crippen LogP contribution in [0.3, 0.4) is 0 Å². The molecule has 2 aromatic carbocycles. The summed E-state index contributed by atoms with van der Waals surface area (Å²) in [4.78, 5) is 16.6. The Balaban J connectivity index is 1.71. The van der Waals surface area contributed by atoms with Crippen LogP contribution in [0.15, 0.2) is 53.9 Å². The van der Waals surface area contributed by atoms with Gasteiger partial charge in [0.15, 0.2) is 0 Å². The maximum Gasteiger partial charge on any atom is 0.275 e. The summed E-state index contributed by atoms with van der Waals surface area (Å²) in [5.74, 6) is 0.122. The lowest BCUT2D eigenvalue weighted by Gasteiger charge is -2.09. The van der Waals surface area contributed by atoms with E-state index in [1.165, 1.54) is 35.6 Å². The number of hydrogen-bond acceptors (Lipinski definition) is 4. The van der Waals surface area contributed by atoms with Gasteiger partial charge in [-0.05, 0) is 62.4 Å². The minimum absolute atomic E-state index is 0.118. The smallest absolute Gasteiger partial charge is 0.275 e. The highest BCUT2D eigenvalue weighted by atomic mass is 32.1. The van der Waals surface area contributed by atoms with Crippen molar-refractivity contribution in [3.63, 3.8) is 0 Å². The average Bonchev–Trinajstić information content (AvgIpc) is 3.07. The Morgan fingerprint density at radius 1 is 1.12 bits per heavy atom. The predicted octanol–water partition coefficient (Wildman–Crippen LogP) is 4.99. The van der Waals surface area contributed by atoms with Crippen LogP contribution in [0, 0.1) is 5.82 Å². The molecule has 3 aromatic rings. The molecule has 128 valence electrons. The van der Waals surface area contributed by atoms with E-state index in [9.17, 15) is 9.18 Å². The molecule has 0 unspecified atom stereocenters. The average molecular weight is 356 g/mol. The van der Waals surface area contributed by atoms with E-state index in [1.807, 2.05) is 38.1 Å². The van der Waals surface area contributed by atoms with Crippen molar-refractivity contribution in [2.45, 2.75) is 20.0 Å². The van der Waals surface area contributed by atoms with Gasteiger partial charge >= 0.3 is 0 Å². The third-order valence-corrected chi connectivity index (χ3v) is 4.20. The Hall–Kier alpha value is -2.73. The van der Waals surface area contributed by atoms with Gasteiger partial charge in [0.2, 0.25) is 0 Å². The van der Waals surface area contributed by atoms with E-state index in [0.717, 1.165) is 16.3 Å². The molecule has 1 amide bonds. The number of nitrogens with one attached hydrogen (secondary N) is 1. The molecule has 4 nitrogen and oxygen atoms in total. The predicted molar refractivity (Wildman–Crippen MR) is 97.7 cm³/mol. The fraction of sp³-hybridized carbons (Fsp3) is 0.158. The summed E-state index contributed by atoms with van der Waals surface area (Å²) in [5, 5.41) is 5.15. The fourth-order valence-electron chi connectivity index (χ4n) is 2.19. The first-order valence-electron chi connectivity index (χ1n) is 7.81. The molecule has 25 heavy (non-hydrogen) atoms. The quantitative estimate of drug-likeness (QED) is 0.701. The van der Waals surface area contributed by atoms with Gasteiger partial charge in [0, 0.05) is 16.6 Å². The number of amides is 1. The minimum atomic E-state index is -0.348. The van der Waals surface area contributed by atoms with Crippen molar-refractivity contribution in [1.29, 1.82) is 0 Å². The van der Waals surface area contributed by atoms with E-state index in [2.05, 4.69) is 10.3 Å². The molecule has 3 rings (SSSR count). The number of ether oxygens (including phenoxy) is 1. The molecule has 1 heterocycles. The van der Waals surface area contributed by atoms with Crippen LogP contribution in [-0.2, 0) is 0 Å². The fourth-order valence-corrected chi connectivity index (χ4v) is 2.99. The molecule has 0 fully saturated rings. The zero-order chi connectivity index (χ0) is 17.8. The van der Waals surface area contributed by atoms with Crippen molar-refractivity contribution >= 4 is 22.9 Å². The number of carbonyl (C=O) groups excluding carboxylic acids is 1. The molecular weight excluding hydrogens is 339 g/mol. The van der Waals surface area contributed by atoms with Gasteiger partial charge in [-0.1, -0.05) is 0 Å². The first-order valence-corrected chi connectivity index (χ1v) is 8.69. The molecule has 0 saturated carbocycles. The number of halogens is 1. The number of thiazole rings is 1. The molecule has 0 spiro atoms. The standard InChI is InChI=1S/C19H17FN2O2S/c1-12(2)24-16-9-3-13(4-10-16)19-22-17(11-25-19)18(23)21-15-7-5-14(20)6-8-15/h3-12H,1-2H3,(H,21,23). The second-order valence-electron chi connectivity index (χ2n) is 5.69. The number of hydrogen-bond donors (Lipinski definition) is 1. The van der Waals surface area contributed by atoms with Crippen LogP contribution in [0.25, 0.3) is 10.6 Å². The number of rotatable bonds is 5. The molecule has 0 radical (unpaired) electrons. The van der Waals surface area contributed by atoms with Crippen molar-refractivity contribution < 1.29 is 13.9 Å². The number of aromatic nitrogens is 1. The van der Waals surface area contributed by atoms with Gasteiger partial charge in [-0.2, -0.15) is 0 Å². The first kappa shape index (κ1) is 17.1. The van der Waals surface area contributed by atoms with Crippen LogP contribution >= 0.6 is 11.3 Å². The number of benzene rings is 2. The summed E-state index contributed by atoms with van der Waals surface area (Å²) in [6, 6.07) is 13.2. The molecule has 0 bridgehead atoms. The van der Waals surface area contributed by atoms with Gasteiger partial charge in [-0.15, -0.1) is 11.3 Å². The Bertz CT molecular complexity index is 858. The molecule has 0 saturated heterocycles. The summed E-state index contributed by atoms with van der Waals surface area (Å²) in [7, 11) is 0. The van der Waals surface area contributed by atoms with Gasteiger partial charge in [-0.25, -0.2) is 9.37 Å². The van der Waals surface area contributed by atoms with E-state index in [4.69, 9.17) is 4.74 Å². The van der Waals surface area contributed by atoms with Crippen molar-refractivity contribution in [2.24, 2.45) is 0 Å². The number of carbonyl (C=O) groups is 1. The molecule has 6 heteroatoms. The van der Waals surface area contributed by atoms with Gasteiger partial charge in [-0.3, -0.25) is 4.79 Å². The molecule has 0 aliphatic heterocycles. The van der Waals surface area contributed by atoms with E-state index >= 15 is 0 Å². The second-order valence-corrected chi connectivity index (χ2v) is 6.55. The first-order chi connectivity index (χ1) is 12.0. The SMILES string of the molecule is CC(C)Oc1ccc(-c2nc(C(=O)Nc3ccc(F)cc3)cs2)cc1. The lowest BCUT2D eigenvalue weighted by molar-refractivity contribution is 0.102. The number of nitrogens with zero attached hydrogens (tertiary/aromatic N) is 1. The Morgan fingerprint density at radius 3 is 2.44 bits per heavy atom. The third-order valence-electron chi connectivity index (χ3n) is 3.31. The van der Waals surface area contributed by atoms with Crippen LogP contribution in [-0.4, -0.2) is 17.0 Å². The molecule has 0 atom stereocenters. The molecule has 0 aliphatic rings. The summed E-state index contributed by atoms with van der Waals surface area (Å²) >= 11 is 1.39. The summed E-state index contributed by atoms with van der Waals surface area (Å²) < 4.78 is 18.5. The van der Waals surface area contributed by atoms with Crippen molar-refractivity contribution in [2.75, 3.05) is 5.32 Å². The van der Waals surface area contributed by atoms with E-state index in [0.29, 0.717) is 11.4 Å². The minimum Gasteiger partial charge on any atom is -0.491 e. The zero-order valence-corrected chi connectivity index (χ0v) is 14.6. The van der Waals surface area contributed by atoms with Crippen LogP contribution in [0.4, 0.5) is 10.1 Å². The van der Waals surface area contributed by atoms with Gasteiger partial charge in [0.25, 0.3) is 5.91 Å². The summed E-state index contributed by atoms with van der Waals surface area (Å²) in [6.45, 7) is 3.95. The highest BCUT2D eigenvalue weighted by molar-refractivity contribution is 7.13. The lowest BCUT2D eigenvalue weighted by atomic mass is 10.2. The van der Waals surface area contributed by atoms with Crippen molar-refractivity contribution in [3.05, 3.63) is 65.4 Å². The van der Waals surface area contributed by atoms with Crippen LogP contribution in [0.5, 0.6) is 5.75 Å². The maximum absolute atomic E-state index is 12.9. The zero-order valence-electron chi connectivity index (χ0n) is 13.8. The Labute approximate surface area is 149 Å². The molecule has 1 aromatic heterocycles. The van der Waals surface area contributed by atoms with Crippen LogP contribution in [0.2, 0.25) is 0 Å². The monoisotopic (exact) mass is 356 g/mol. The Kier molecular flexibility index (Phi) is 5.09. The largest absolute Gasteiger partial charge is 0.491 e. The lowest BCUT2D eigenvalue weighted by Crippen LogP contribution is -2.12. The second kappa shape index (κ2) is 7.44. The van der Waals surface area contributed by atoms with Gasteiger partial charge < -0.3 is 10.1 Å². The van der Waals surface area contributed by atoms with Crippen LogP contribution in [0.1, 0.15) is 24.3 Å². The third kappa shape index (κ3) is 4.42. The van der Waals surface area contributed by atoms with Crippen LogP contribution < -0.4 is 10.1 Å². The topological polar surface area (TPSA) is 51.2 Å². The van der Waals surface area contributed by atoms with Gasteiger partial charge in [0.1, 0.15) is 22.3 Å². The number of anilines is 1. The van der Waals surface area contributed by atoms with E-state index < -0.39 is 0 Å². The van der Waals surface area contributed by atoms with Crippen molar-refractivity contribution in [3.8, 4) is 16.3 Å². The van der Waals surface area contributed by atoms with Crippen molar-refractivity contribution in [1.82, 2.24) is 4.98 Å². The molecule has 1 N–H and O–H groups in total. The highest BCUT2D eigenvalue weighted by Crippen LogP contribution is 2.26. The van der Waals surface area contributed by atoms with Gasteiger partial charge in [0.05, 0.1) is 6.10 Å². The Morgan fingerprint density at radius 2 is 1.80 bits per heavy atom. The molecule has 0 aliphatic carbocycles. The van der Waals surface area contributed by atoms with E-state index in [1.54, 1.807) is 5.38 Å². The van der Waals surface area contributed by atoms with E-state index in [-0.39, 0.29) is 17.8 Å². The summed E-state index contributed by atoms with van der Waals surface area (Å²) in [5.41, 5.74) is 1.77. The normalized spacial score (nSPS) is 10.7. The summed E-state index contributed by atoms with van der Waals surface area (Å²) in [6.07, 6.45) is 0.118. The molecular formula is C19H17FN2O2S.